The predicted octanol–water partition coefficient (Wildman–Crippen LogP) is 2.45. The fraction of sp³-hybridized carbons (Fsp3) is 0.167. The van der Waals surface area contributed by atoms with Crippen LogP contribution in [0.25, 0.3) is 5.82 Å². The maximum absolute atomic E-state index is 13.1. The number of carbonyl (C=O) groups excluding carboxylic acids is 1. The standard InChI is InChI=1S/C18H18FN5O/c19-16-4-1-3-14(11-16)7-9-20-18(25)22-13-15-5-6-17(21-12-15)24-10-2-8-23-24/h1-6,8,10-12H,7,9,13H2,(H2,20,22,25). The van der Waals surface area contributed by atoms with Crippen LogP contribution in [0.2, 0.25) is 0 Å². The number of benzene rings is 1. The number of urea groups is 1. The topological polar surface area (TPSA) is 71.8 Å². The van der Waals surface area contributed by atoms with Crippen molar-refractivity contribution >= 4 is 6.03 Å². The summed E-state index contributed by atoms with van der Waals surface area (Å²) in [6.07, 6.45) is 5.77. The van der Waals surface area contributed by atoms with Gasteiger partial charge >= 0.3 is 6.03 Å². The van der Waals surface area contributed by atoms with E-state index in [-0.39, 0.29) is 11.8 Å². The summed E-state index contributed by atoms with van der Waals surface area (Å²) in [6.45, 7) is 0.809. The smallest absolute Gasteiger partial charge is 0.315 e. The van der Waals surface area contributed by atoms with Crippen molar-refractivity contribution in [2.24, 2.45) is 0 Å². The van der Waals surface area contributed by atoms with Crippen LogP contribution in [-0.4, -0.2) is 27.3 Å². The first-order chi connectivity index (χ1) is 12.2. The van der Waals surface area contributed by atoms with E-state index in [1.54, 1.807) is 23.1 Å². The van der Waals surface area contributed by atoms with Crippen LogP contribution in [0, 0.1) is 5.82 Å². The normalized spacial score (nSPS) is 10.4. The molecule has 2 amide bonds. The Bertz CT molecular complexity index is 818. The molecule has 3 rings (SSSR count). The zero-order valence-electron chi connectivity index (χ0n) is 13.5. The minimum Gasteiger partial charge on any atom is -0.338 e. The molecule has 6 nitrogen and oxygen atoms in total. The molecule has 128 valence electrons. The zero-order chi connectivity index (χ0) is 17.5. The van der Waals surface area contributed by atoms with E-state index in [1.807, 2.05) is 30.5 Å². The lowest BCUT2D eigenvalue weighted by molar-refractivity contribution is 0.240. The van der Waals surface area contributed by atoms with Crippen molar-refractivity contribution in [1.29, 1.82) is 0 Å². The minimum absolute atomic E-state index is 0.270. The number of pyridine rings is 1. The molecule has 2 heterocycles. The molecule has 0 unspecified atom stereocenters. The molecule has 0 atom stereocenters. The number of hydrogen-bond donors (Lipinski definition) is 2. The Morgan fingerprint density at radius 2 is 2.04 bits per heavy atom. The van der Waals surface area contributed by atoms with E-state index >= 15 is 0 Å². The van der Waals surface area contributed by atoms with Crippen molar-refractivity contribution < 1.29 is 9.18 Å². The monoisotopic (exact) mass is 339 g/mol. The van der Waals surface area contributed by atoms with Gasteiger partial charge in [-0.05, 0) is 41.8 Å². The van der Waals surface area contributed by atoms with Crippen LogP contribution in [0.3, 0.4) is 0 Å². The van der Waals surface area contributed by atoms with Crippen LogP contribution in [0.4, 0.5) is 9.18 Å². The molecule has 7 heteroatoms. The summed E-state index contributed by atoms with van der Waals surface area (Å²) in [6, 6.07) is 11.6. The lowest BCUT2D eigenvalue weighted by Crippen LogP contribution is -2.36. The molecule has 3 aromatic rings. The number of amides is 2. The second-order valence-corrected chi connectivity index (χ2v) is 5.46. The molecule has 0 saturated heterocycles. The van der Waals surface area contributed by atoms with Crippen LogP contribution < -0.4 is 10.6 Å². The van der Waals surface area contributed by atoms with Crippen LogP contribution in [0.1, 0.15) is 11.1 Å². The Balaban J connectivity index is 1.41. The van der Waals surface area contributed by atoms with E-state index in [0.29, 0.717) is 25.3 Å². The number of nitrogens with one attached hydrogen (secondary N) is 2. The summed E-state index contributed by atoms with van der Waals surface area (Å²) in [7, 11) is 0. The quantitative estimate of drug-likeness (QED) is 0.725. The number of halogens is 1. The average Bonchev–Trinajstić information content (AvgIpc) is 3.15. The Morgan fingerprint density at radius 3 is 2.76 bits per heavy atom. The van der Waals surface area contributed by atoms with Gasteiger partial charge in [0.2, 0.25) is 0 Å². The SMILES string of the molecule is O=C(NCCc1cccc(F)c1)NCc1ccc(-n2cccn2)nc1. The fourth-order valence-electron chi connectivity index (χ4n) is 2.32. The van der Waals surface area contributed by atoms with Crippen LogP contribution >= 0.6 is 0 Å². The summed E-state index contributed by atoms with van der Waals surface area (Å²) in [5.74, 6) is 0.446. The summed E-state index contributed by atoms with van der Waals surface area (Å²) in [5, 5.41) is 9.62. The second-order valence-electron chi connectivity index (χ2n) is 5.46. The van der Waals surface area contributed by atoms with Crippen molar-refractivity contribution in [3.63, 3.8) is 0 Å². The third-order valence-electron chi connectivity index (χ3n) is 3.59. The average molecular weight is 339 g/mol. The lowest BCUT2D eigenvalue weighted by Gasteiger charge is -2.08. The molecule has 0 aliphatic heterocycles. The van der Waals surface area contributed by atoms with E-state index in [4.69, 9.17) is 0 Å². The van der Waals surface area contributed by atoms with E-state index in [0.717, 1.165) is 11.1 Å². The Morgan fingerprint density at radius 1 is 1.12 bits per heavy atom. The zero-order valence-corrected chi connectivity index (χ0v) is 13.5. The highest BCUT2D eigenvalue weighted by atomic mass is 19.1. The number of nitrogens with zero attached hydrogens (tertiary/aromatic N) is 3. The van der Waals surface area contributed by atoms with Gasteiger partial charge < -0.3 is 10.6 Å². The maximum atomic E-state index is 13.1. The minimum atomic E-state index is -0.271. The third-order valence-corrected chi connectivity index (χ3v) is 3.59. The molecule has 2 aromatic heterocycles. The van der Waals surface area contributed by atoms with Crippen molar-refractivity contribution in [2.45, 2.75) is 13.0 Å². The molecule has 1 aromatic carbocycles. The van der Waals surface area contributed by atoms with E-state index < -0.39 is 0 Å². The highest BCUT2D eigenvalue weighted by molar-refractivity contribution is 5.73. The molecule has 0 radical (unpaired) electrons. The third kappa shape index (κ3) is 4.87. The van der Waals surface area contributed by atoms with Gasteiger partial charge in [-0.1, -0.05) is 18.2 Å². The van der Waals surface area contributed by atoms with Crippen molar-refractivity contribution in [1.82, 2.24) is 25.4 Å². The highest BCUT2D eigenvalue weighted by Crippen LogP contribution is 2.05. The summed E-state index contributed by atoms with van der Waals surface area (Å²) >= 11 is 0. The van der Waals surface area contributed by atoms with Gasteiger partial charge in [-0.3, -0.25) is 0 Å². The largest absolute Gasteiger partial charge is 0.338 e. The Hall–Kier alpha value is -3.22. The molecule has 0 aliphatic rings. The van der Waals surface area contributed by atoms with Gasteiger partial charge in [-0.15, -0.1) is 0 Å². The van der Waals surface area contributed by atoms with Gasteiger partial charge in [-0.2, -0.15) is 5.10 Å². The molecular formula is C18H18FN5O. The highest BCUT2D eigenvalue weighted by Gasteiger charge is 2.03. The summed E-state index contributed by atoms with van der Waals surface area (Å²) in [4.78, 5) is 16.1. The number of hydrogen-bond acceptors (Lipinski definition) is 3. The molecule has 0 saturated carbocycles. The number of rotatable bonds is 6. The Kier molecular flexibility index (Phi) is 5.36. The first-order valence-corrected chi connectivity index (χ1v) is 7.92. The molecule has 25 heavy (non-hydrogen) atoms. The predicted molar refractivity (Wildman–Crippen MR) is 91.7 cm³/mol. The number of carbonyl (C=O) groups is 1. The van der Waals surface area contributed by atoms with Gasteiger partial charge in [0.05, 0.1) is 0 Å². The van der Waals surface area contributed by atoms with E-state index in [2.05, 4.69) is 20.7 Å². The van der Waals surface area contributed by atoms with Crippen LogP contribution in [-0.2, 0) is 13.0 Å². The van der Waals surface area contributed by atoms with E-state index in [1.165, 1.54) is 12.1 Å². The maximum Gasteiger partial charge on any atom is 0.315 e. The van der Waals surface area contributed by atoms with Crippen molar-refractivity contribution in [3.8, 4) is 5.82 Å². The molecular weight excluding hydrogens is 321 g/mol. The van der Waals surface area contributed by atoms with Gasteiger partial charge in [0, 0.05) is 31.7 Å². The second kappa shape index (κ2) is 8.05. The molecule has 0 bridgehead atoms. The van der Waals surface area contributed by atoms with Crippen molar-refractivity contribution in [3.05, 3.63) is 78.0 Å². The lowest BCUT2D eigenvalue weighted by atomic mass is 10.1. The number of aromatic nitrogens is 3. The fourth-order valence-corrected chi connectivity index (χ4v) is 2.32. The molecule has 0 aliphatic carbocycles. The Labute approximate surface area is 144 Å². The van der Waals surface area contributed by atoms with Gasteiger partial charge in [0.1, 0.15) is 5.82 Å². The summed E-state index contributed by atoms with van der Waals surface area (Å²) in [5.41, 5.74) is 1.73. The molecule has 2 N–H and O–H groups in total. The summed E-state index contributed by atoms with van der Waals surface area (Å²) < 4.78 is 14.7. The van der Waals surface area contributed by atoms with Crippen LogP contribution in [0.15, 0.2) is 61.1 Å². The van der Waals surface area contributed by atoms with Gasteiger partial charge in [-0.25, -0.2) is 18.9 Å². The first-order valence-electron chi connectivity index (χ1n) is 7.92. The first kappa shape index (κ1) is 16.6. The van der Waals surface area contributed by atoms with Crippen LogP contribution in [0.5, 0.6) is 0 Å². The van der Waals surface area contributed by atoms with Gasteiger partial charge in [0.25, 0.3) is 0 Å². The van der Waals surface area contributed by atoms with Crippen molar-refractivity contribution in [2.75, 3.05) is 6.54 Å². The molecule has 0 spiro atoms. The molecule has 0 fully saturated rings. The van der Waals surface area contributed by atoms with E-state index in [9.17, 15) is 9.18 Å². The van der Waals surface area contributed by atoms with Gasteiger partial charge in [0.15, 0.2) is 5.82 Å².